The highest BCUT2D eigenvalue weighted by atomic mass is 14.1. The zero-order chi connectivity index (χ0) is 11.6. The summed E-state index contributed by atoms with van der Waals surface area (Å²) in [7, 11) is 0. The van der Waals surface area contributed by atoms with Gasteiger partial charge in [0.2, 0.25) is 0 Å². The monoisotopic (exact) mass is 214 g/mol. The van der Waals surface area contributed by atoms with E-state index in [9.17, 15) is 0 Å². The summed E-state index contributed by atoms with van der Waals surface area (Å²) in [5, 5.41) is 0. The lowest BCUT2D eigenvalue weighted by Crippen LogP contribution is -1.96. The van der Waals surface area contributed by atoms with E-state index in [1.54, 1.807) is 0 Å². The summed E-state index contributed by atoms with van der Waals surface area (Å²) in [5.41, 5.74) is 2.40. The van der Waals surface area contributed by atoms with Gasteiger partial charge in [0.25, 0.3) is 0 Å². The number of rotatable bonds is 4. The Kier molecular flexibility index (Phi) is 6.52. The van der Waals surface area contributed by atoms with Crippen molar-refractivity contribution in [2.45, 2.75) is 64.7 Å². The second kappa shape index (κ2) is 8.06. The summed E-state index contributed by atoms with van der Waals surface area (Å²) in [6.45, 7) is 2.23. The van der Waals surface area contributed by atoms with E-state index in [-0.39, 0.29) is 0 Å². The lowest BCUT2D eigenvalue weighted by molar-refractivity contribution is 0.679. The van der Waals surface area contributed by atoms with Crippen LogP contribution in [0.5, 0.6) is 0 Å². The Morgan fingerprint density at radius 1 is 1.06 bits per heavy atom. The predicted molar refractivity (Wildman–Crippen MR) is 70.9 cm³/mol. The molecule has 1 rings (SSSR count). The van der Waals surface area contributed by atoms with Gasteiger partial charge in [0.05, 0.1) is 0 Å². The van der Waals surface area contributed by atoms with E-state index in [1.807, 2.05) is 0 Å². The van der Waals surface area contributed by atoms with Crippen molar-refractivity contribution < 1.29 is 0 Å². The van der Waals surface area contributed by atoms with Crippen molar-refractivity contribution in [3.8, 4) is 24.2 Å². The fourth-order valence-corrected chi connectivity index (χ4v) is 2.01. The molecule has 0 saturated heterocycles. The van der Waals surface area contributed by atoms with Gasteiger partial charge in [0, 0.05) is 17.6 Å². The van der Waals surface area contributed by atoms with E-state index in [0.717, 1.165) is 24.8 Å². The lowest BCUT2D eigenvalue weighted by Gasteiger charge is -2.11. The number of hydrogen-bond acceptors (Lipinski definition) is 0. The molecular formula is C16H22. The second-order valence-electron chi connectivity index (χ2n) is 4.42. The van der Waals surface area contributed by atoms with Crippen molar-refractivity contribution >= 4 is 0 Å². The van der Waals surface area contributed by atoms with Crippen molar-refractivity contribution in [3.05, 3.63) is 11.1 Å². The second-order valence-corrected chi connectivity index (χ2v) is 4.42. The fourth-order valence-electron chi connectivity index (χ4n) is 2.01. The SMILES string of the molecule is C#CC1=C(C#CCCCCCC)CCCC1. The Morgan fingerprint density at radius 2 is 1.81 bits per heavy atom. The van der Waals surface area contributed by atoms with Crippen LogP contribution in [0, 0.1) is 24.2 Å². The quantitative estimate of drug-likeness (QED) is 0.478. The molecule has 86 valence electrons. The minimum absolute atomic E-state index is 1.03. The molecule has 0 heterocycles. The molecule has 0 atom stereocenters. The van der Waals surface area contributed by atoms with Gasteiger partial charge in [-0.25, -0.2) is 0 Å². The van der Waals surface area contributed by atoms with E-state index in [1.165, 1.54) is 44.1 Å². The third-order valence-corrected chi connectivity index (χ3v) is 3.04. The smallest absolute Gasteiger partial charge is 0.0136 e. The first kappa shape index (κ1) is 12.9. The summed E-state index contributed by atoms with van der Waals surface area (Å²) < 4.78 is 0. The molecule has 1 aliphatic rings. The molecule has 0 spiro atoms. The maximum absolute atomic E-state index is 5.49. The standard InChI is InChI=1S/C16H22/c1-3-5-6-7-8-9-13-16-14-11-10-12-15(16)4-2/h2H,3,5-8,10-12,14H2,1H3. The van der Waals surface area contributed by atoms with Crippen LogP contribution in [0.4, 0.5) is 0 Å². The maximum Gasteiger partial charge on any atom is 0.0136 e. The van der Waals surface area contributed by atoms with E-state index < -0.39 is 0 Å². The summed E-state index contributed by atoms with van der Waals surface area (Å²) >= 11 is 0. The summed E-state index contributed by atoms with van der Waals surface area (Å²) in [6.07, 6.45) is 16.3. The van der Waals surface area contributed by atoms with Crippen LogP contribution in [0.25, 0.3) is 0 Å². The van der Waals surface area contributed by atoms with Gasteiger partial charge in [0.15, 0.2) is 0 Å². The van der Waals surface area contributed by atoms with Gasteiger partial charge in [-0.2, -0.15) is 0 Å². The Hall–Kier alpha value is -1.14. The maximum atomic E-state index is 5.49. The lowest BCUT2D eigenvalue weighted by atomic mass is 9.92. The zero-order valence-corrected chi connectivity index (χ0v) is 10.4. The highest BCUT2D eigenvalue weighted by molar-refractivity contribution is 5.43. The molecule has 0 fully saturated rings. The Morgan fingerprint density at radius 3 is 2.50 bits per heavy atom. The number of hydrogen-bond donors (Lipinski definition) is 0. The van der Waals surface area contributed by atoms with Gasteiger partial charge in [-0.15, -0.1) is 6.42 Å². The van der Waals surface area contributed by atoms with Crippen LogP contribution in [0.1, 0.15) is 64.7 Å². The molecular weight excluding hydrogens is 192 g/mol. The van der Waals surface area contributed by atoms with Crippen LogP contribution in [0.2, 0.25) is 0 Å². The van der Waals surface area contributed by atoms with Crippen LogP contribution in [0.3, 0.4) is 0 Å². The van der Waals surface area contributed by atoms with Crippen LogP contribution >= 0.6 is 0 Å². The first-order valence-electron chi connectivity index (χ1n) is 6.56. The minimum Gasteiger partial charge on any atom is -0.115 e. The molecule has 0 aliphatic heterocycles. The normalized spacial score (nSPS) is 15.2. The molecule has 0 heteroatoms. The molecule has 0 aromatic carbocycles. The number of allylic oxidation sites excluding steroid dienone is 2. The van der Waals surface area contributed by atoms with Crippen molar-refractivity contribution in [3.63, 3.8) is 0 Å². The van der Waals surface area contributed by atoms with Crippen molar-refractivity contribution in [1.82, 2.24) is 0 Å². The van der Waals surface area contributed by atoms with Crippen molar-refractivity contribution in [2.75, 3.05) is 0 Å². The van der Waals surface area contributed by atoms with Crippen LogP contribution < -0.4 is 0 Å². The average Bonchev–Trinajstić information content (AvgIpc) is 2.34. The predicted octanol–water partition coefficient (Wildman–Crippen LogP) is 4.46. The summed E-state index contributed by atoms with van der Waals surface area (Å²) in [4.78, 5) is 0. The van der Waals surface area contributed by atoms with E-state index in [4.69, 9.17) is 6.42 Å². The van der Waals surface area contributed by atoms with Gasteiger partial charge >= 0.3 is 0 Å². The van der Waals surface area contributed by atoms with Gasteiger partial charge in [-0.05, 0) is 32.1 Å². The molecule has 16 heavy (non-hydrogen) atoms. The van der Waals surface area contributed by atoms with E-state index in [2.05, 4.69) is 24.7 Å². The topological polar surface area (TPSA) is 0 Å². The molecule has 1 aliphatic carbocycles. The first-order valence-corrected chi connectivity index (χ1v) is 6.56. The number of terminal acetylenes is 1. The van der Waals surface area contributed by atoms with E-state index in [0.29, 0.717) is 0 Å². The van der Waals surface area contributed by atoms with Crippen molar-refractivity contribution in [2.24, 2.45) is 0 Å². The zero-order valence-electron chi connectivity index (χ0n) is 10.4. The molecule has 0 saturated carbocycles. The Balaban J connectivity index is 2.37. The first-order chi connectivity index (χ1) is 7.88. The average molecular weight is 214 g/mol. The highest BCUT2D eigenvalue weighted by Gasteiger charge is 2.08. The fraction of sp³-hybridized carbons (Fsp3) is 0.625. The van der Waals surface area contributed by atoms with Gasteiger partial charge in [-0.1, -0.05) is 43.9 Å². The minimum atomic E-state index is 1.03. The third kappa shape index (κ3) is 4.59. The molecule has 0 aromatic heterocycles. The van der Waals surface area contributed by atoms with Gasteiger partial charge < -0.3 is 0 Å². The molecule has 0 amide bonds. The molecule has 0 N–H and O–H groups in total. The summed E-state index contributed by atoms with van der Waals surface area (Å²) in [6, 6.07) is 0. The van der Waals surface area contributed by atoms with E-state index >= 15 is 0 Å². The van der Waals surface area contributed by atoms with Gasteiger partial charge in [0.1, 0.15) is 0 Å². The molecule has 0 radical (unpaired) electrons. The van der Waals surface area contributed by atoms with Crippen LogP contribution in [0.15, 0.2) is 11.1 Å². The largest absolute Gasteiger partial charge is 0.115 e. The molecule has 0 aromatic rings. The van der Waals surface area contributed by atoms with Crippen LogP contribution in [-0.4, -0.2) is 0 Å². The third-order valence-electron chi connectivity index (χ3n) is 3.04. The Labute approximate surface area is 101 Å². The Bertz CT molecular complexity index is 327. The molecule has 0 nitrogen and oxygen atoms in total. The van der Waals surface area contributed by atoms with Crippen LogP contribution in [-0.2, 0) is 0 Å². The number of unbranched alkanes of at least 4 members (excludes halogenated alkanes) is 4. The molecule has 0 unspecified atom stereocenters. The van der Waals surface area contributed by atoms with Crippen molar-refractivity contribution in [1.29, 1.82) is 0 Å². The molecule has 0 bridgehead atoms. The summed E-state index contributed by atoms with van der Waals surface area (Å²) in [5.74, 6) is 9.35. The highest BCUT2D eigenvalue weighted by Crippen LogP contribution is 2.23. The van der Waals surface area contributed by atoms with Gasteiger partial charge in [-0.3, -0.25) is 0 Å².